The molecule has 5 heteroatoms. The molecule has 0 atom stereocenters. The molecule has 1 amide bonds. The molecule has 0 N–H and O–H groups in total. The molecule has 0 radical (unpaired) electrons. The SMILES string of the molecule is CCCCCN(Cc1cccn1Cc1ccc(F)cc1)C(=O)Cc1ccc(OC)cc1. The summed E-state index contributed by atoms with van der Waals surface area (Å²) >= 11 is 0. The van der Waals surface area contributed by atoms with E-state index in [9.17, 15) is 9.18 Å². The topological polar surface area (TPSA) is 34.5 Å². The van der Waals surface area contributed by atoms with Crippen molar-refractivity contribution in [3.63, 3.8) is 0 Å². The summed E-state index contributed by atoms with van der Waals surface area (Å²) in [5, 5.41) is 0. The van der Waals surface area contributed by atoms with Crippen LogP contribution in [0.25, 0.3) is 0 Å². The van der Waals surface area contributed by atoms with Crippen LogP contribution in [0.3, 0.4) is 0 Å². The van der Waals surface area contributed by atoms with E-state index in [1.165, 1.54) is 12.1 Å². The minimum atomic E-state index is -0.234. The first-order chi connectivity index (χ1) is 15.1. The highest BCUT2D eigenvalue weighted by atomic mass is 19.1. The highest BCUT2D eigenvalue weighted by Gasteiger charge is 2.16. The van der Waals surface area contributed by atoms with Crippen LogP contribution in [0, 0.1) is 5.82 Å². The number of nitrogens with zero attached hydrogens (tertiary/aromatic N) is 2. The average molecular weight is 423 g/mol. The molecule has 0 unspecified atom stereocenters. The van der Waals surface area contributed by atoms with Gasteiger partial charge in [0.2, 0.25) is 5.91 Å². The first-order valence-electron chi connectivity index (χ1n) is 10.9. The zero-order valence-corrected chi connectivity index (χ0v) is 18.4. The van der Waals surface area contributed by atoms with E-state index in [0.717, 1.165) is 48.4 Å². The zero-order valence-electron chi connectivity index (χ0n) is 18.4. The van der Waals surface area contributed by atoms with E-state index in [4.69, 9.17) is 4.74 Å². The lowest BCUT2D eigenvalue weighted by Gasteiger charge is -2.24. The second-order valence-corrected chi connectivity index (χ2v) is 7.80. The Kier molecular flexibility index (Phi) is 8.27. The molecule has 1 heterocycles. The highest BCUT2D eigenvalue weighted by Crippen LogP contribution is 2.16. The van der Waals surface area contributed by atoms with Crippen molar-refractivity contribution < 1.29 is 13.9 Å². The van der Waals surface area contributed by atoms with Crippen molar-refractivity contribution in [3.05, 3.63) is 89.5 Å². The van der Waals surface area contributed by atoms with Gasteiger partial charge in [0.1, 0.15) is 11.6 Å². The predicted octanol–water partition coefficient (Wildman–Crippen LogP) is 5.45. The van der Waals surface area contributed by atoms with Crippen molar-refractivity contribution in [1.29, 1.82) is 0 Å². The summed E-state index contributed by atoms with van der Waals surface area (Å²) in [4.78, 5) is 15.1. The van der Waals surface area contributed by atoms with E-state index in [1.54, 1.807) is 19.2 Å². The number of hydrogen-bond acceptors (Lipinski definition) is 2. The van der Waals surface area contributed by atoms with Gasteiger partial charge in [0, 0.05) is 25.0 Å². The van der Waals surface area contributed by atoms with Crippen molar-refractivity contribution in [2.75, 3.05) is 13.7 Å². The van der Waals surface area contributed by atoms with Gasteiger partial charge in [-0.1, -0.05) is 44.0 Å². The molecular formula is C26H31FN2O2. The van der Waals surface area contributed by atoms with Crippen LogP contribution in [-0.2, 0) is 24.3 Å². The number of benzene rings is 2. The molecule has 0 aliphatic rings. The molecule has 3 aromatic rings. The predicted molar refractivity (Wildman–Crippen MR) is 122 cm³/mol. The van der Waals surface area contributed by atoms with Gasteiger partial charge in [-0.05, 0) is 53.9 Å². The van der Waals surface area contributed by atoms with Crippen LogP contribution in [-0.4, -0.2) is 29.0 Å². The maximum atomic E-state index is 13.2. The number of hydrogen-bond donors (Lipinski definition) is 0. The van der Waals surface area contributed by atoms with E-state index >= 15 is 0 Å². The Hall–Kier alpha value is -3.08. The Morgan fingerprint density at radius 3 is 2.39 bits per heavy atom. The third kappa shape index (κ3) is 6.71. The van der Waals surface area contributed by atoms with Crippen molar-refractivity contribution in [1.82, 2.24) is 9.47 Å². The molecule has 0 spiro atoms. The van der Waals surface area contributed by atoms with Crippen molar-refractivity contribution >= 4 is 5.91 Å². The Balaban J connectivity index is 1.70. The van der Waals surface area contributed by atoms with Gasteiger partial charge < -0.3 is 14.2 Å². The lowest BCUT2D eigenvalue weighted by atomic mass is 10.1. The normalized spacial score (nSPS) is 10.8. The Morgan fingerprint density at radius 1 is 1.00 bits per heavy atom. The van der Waals surface area contributed by atoms with E-state index in [-0.39, 0.29) is 11.7 Å². The minimum Gasteiger partial charge on any atom is -0.497 e. The molecule has 1 aromatic heterocycles. The van der Waals surface area contributed by atoms with Gasteiger partial charge in [-0.25, -0.2) is 4.39 Å². The van der Waals surface area contributed by atoms with Crippen LogP contribution in [0.2, 0.25) is 0 Å². The third-order valence-corrected chi connectivity index (χ3v) is 5.44. The van der Waals surface area contributed by atoms with Crippen LogP contribution in [0.15, 0.2) is 66.9 Å². The van der Waals surface area contributed by atoms with Crippen molar-refractivity contribution in [2.45, 2.75) is 45.7 Å². The van der Waals surface area contributed by atoms with Crippen LogP contribution in [0.5, 0.6) is 5.75 Å². The summed E-state index contributed by atoms with van der Waals surface area (Å²) in [7, 11) is 1.64. The third-order valence-electron chi connectivity index (χ3n) is 5.44. The van der Waals surface area contributed by atoms with Crippen molar-refractivity contribution in [2.24, 2.45) is 0 Å². The Morgan fingerprint density at radius 2 is 1.71 bits per heavy atom. The van der Waals surface area contributed by atoms with Gasteiger partial charge in [-0.3, -0.25) is 4.79 Å². The lowest BCUT2D eigenvalue weighted by molar-refractivity contribution is -0.131. The molecular weight excluding hydrogens is 391 g/mol. The molecule has 4 nitrogen and oxygen atoms in total. The summed E-state index contributed by atoms with van der Waals surface area (Å²) in [6.07, 6.45) is 5.58. The monoisotopic (exact) mass is 422 g/mol. The smallest absolute Gasteiger partial charge is 0.227 e. The maximum Gasteiger partial charge on any atom is 0.227 e. The van der Waals surface area contributed by atoms with E-state index < -0.39 is 0 Å². The number of ether oxygens (including phenoxy) is 1. The Bertz CT molecular complexity index is 948. The molecule has 164 valence electrons. The number of methoxy groups -OCH3 is 1. The molecule has 0 bridgehead atoms. The molecule has 0 aliphatic heterocycles. The Labute approximate surface area is 184 Å². The largest absolute Gasteiger partial charge is 0.497 e. The number of amides is 1. The van der Waals surface area contributed by atoms with Crippen LogP contribution < -0.4 is 4.74 Å². The first kappa shape index (κ1) is 22.6. The lowest BCUT2D eigenvalue weighted by Crippen LogP contribution is -2.33. The summed E-state index contributed by atoms with van der Waals surface area (Å²) < 4.78 is 20.5. The fraction of sp³-hybridized carbons (Fsp3) is 0.346. The highest BCUT2D eigenvalue weighted by molar-refractivity contribution is 5.78. The molecule has 3 rings (SSSR count). The average Bonchev–Trinajstić information content (AvgIpc) is 3.21. The number of aromatic nitrogens is 1. The van der Waals surface area contributed by atoms with Gasteiger partial charge in [-0.15, -0.1) is 0 Å². The maximum absolute atomic E-state index is 13.2. The second kappa shape index (κ2) is 11.3. The summed E-state index contributed by atoms with van der Waals surface area (Å²) in [6.45, 7) is 4.12. The zero-order chi connectivity index (χ0) is 22.1. The quantitative estimate of drug-likeness (QED) is 0.385. The summed E-state index contributed by atoms with van der Waals surface area (Å²) in [5.41, 5.74) is 3.08. The van der Waals surface area contributed by atoms with Gasteiger partial charge in [0.25, 0.3) is 0 Å². The fourth-order valence-electron chi connectivity index (χ4n) is 3.60. The molecule has 0 aliphatic carbocycles. The van der Waals surface area contributed by atoms with Gasteiger partial charge in [0.05, 0.1) is 20.1 Å². The van der Waals surface area contributed by atoms with Gasteiger partial charge in [-0.2, -0.15) is 0 Å². The minimum absolute atomic E-state index is 0.121. The molecule has 31 heavy (non-hydrogen) atoms. The second-order valence-electron chi connectivity index (χ2n) is 7.80. The molecule has 2 aromatic carbocycles. The van der Waals surface area contributed by atoms with E-state index in [0.29, 0.717) is 19.5 Å². The van der Waals surface area contributed by atoms with Crippen LogP contribution in [0.4, 0.5) is 4.39 Å². The summed E-state index contributed by atoms with van der Waals surface area (Å²) in [5.74, 6) is 0.674. The van der Waals surface area contributed by atoms with Crippen LogP contribution >= 0.6 is 0 Å². The van der Waals surface area contributed by atoms with Crippen molar-refractivity contribution in [3.8, 4) is 5.75 Å². The fourth-order valence-corrected chi connectivity index (χ4v) is 3.60. The number of carbonyl (C=O) groups is 1. The standard InChI is InChI=1S/C26H31FN2O2/c1-3-4-5-16-29(26(30)18-21-10-14-25(31-2)15-11-21)20-24-7-6-17-28(24)19-22-8-12-23(27)13-9-22/h6-15,17H,3-5,16,18-20H2,1-2H3. The molecule has 0 saturated carbocycles. The van der Waals surface area contributed by atoms with Crippen LogP contribution in [0.1, 0.15) is 43.0 Å². The summed E-state index contributed by atoms with van der Waals surface area (Å²) in [6, 6.07) is 18.3. The molecule has 0 fully saturated rings. The number of rotatable bonds is 11. The number of carbonyl (C=O) groups excluding carboxylic acids is 1. The van der Waals surface area contributed by atoms with Gasteiger partial charge in [0.15, 0.2) is 0 Å². The van der Waals surface area contributed by atoms with E-state index in [1.807, 2.05) is 41.4 Å². The van der Waals surface area contributed by atoms with E-state index in [2.05, 4.69) is 17.6 Å². The molecule has 0 saturated heterocycles. The first-order valence-corrected chi connectivity index (χ1v) is 10.9. The number of halogens is 1. The van der Waals surface area contributed by atoms with Gasteiger partial charge >= 0.3 is 0 Å². The number of unbranched alkanes of at least 4 members (excludes halogenated alkanes) is 2.